The summed E-state index contributed by atoms with van der Waals surface area (Å²) in [5.41, 5.74) is 0.159. The third-order valence-electron chi connectivity index (χ3n) is 3.90. The second-order valence-corrected chi connectivity index (χ2v) is 5.60. The first-order valence-electron chi connectivity index (χ1n) is 7.48. The van der Waals surface area contributed by atoms with Gasteiger partial charge >= 0.3 is 5.97 Å². The molecule has 1 saturated carbocycles. The van der Waals surface area contributed by atoms with Gasteiger partial charge in [-0.1, -0.05) is 6.07 Å². The molecule has 2 rings (SSSR count). The lowest BCUT2D eigenvalue weighted by atomic mass is 9.79. The van der Waals surface area contributed by atoms with Crippen molar-refractivity contribution < 1.29 is 19.4 Å². The van der Waals surface area contributed by atoms with Crippen molar-refractivity contribution in [1.29, 1.82) is 0 Å². The van der Waals surface area contributed by atoms with E-state index in [-0.39, 0.29) is 18.5 Å². The fourth-order valence-corrected chi connectivity index (χ4v) is 2.64. The SMILES string of the molecule is CCOC(=O)C1CCC(O)(COCc2cccnc2)CC1. The van der Waals surface area contributed by atoms with Crippen LogP contribution in [0.15, 0.2) is 24.5 Å². The van der Waals surface area contributed by atoms with Gasteiger partial charge in [-0.3, -0.25) is 9.78 Å². The van der Waals surface area contributed by atoms with Crippen LogP contribution in [0.4, 0.5) is 0 Å². The molecule has 1 aliphatic carbocycles. The number of aromatic nitrogens is 1. The van der Waals surface area contributed by atoms with Crippen molar-refractivity contribution >= 4 is 5.97 Å². The second kappa shape index (κ2) is 7.52. The number of hydrogen-bond donors (Lipinski definition) is 1. The first kappa shape index (κ1) is 15.9. The predicted octanol–water partition coefficient (Wildman–Crippen LogP) is 2.08. The Hall–Kier alpha value is -1.46. The van der Waals surface area contributed by atoms with Crippen LogP contribution in [0.1, 0.15) is 38.2 Å². The molecule has 1 N–H and O–H groups in total. The molecule has 5 nitrogen and oxygen atoms in total. The third kappa shape index (κ3) is 4.79. The summed E-state index contributed by atoms with van der Waals surface area (Å²) in [6.45, 7) is 2.95. The Labute approximate surface area is 125 Å². The van der Waals surface area contributed by atoms with E-state index in [1.807, 2.05) is 19.1 Å². The topological polar surface area (TPSA) is 68.7 Å². The van der Waals surface area contributed by atoms with Crippen LogP contribution in [-0.2, 0) is 20.9 Å². The van der Waals surface area contributed by atoms with E-state index in [9.17, 15) is 9.90 Å². The van der Waals surface area contributed by atoms with Gasteiger partial charge in [-0.25, -0.2) is 0 Å². The van der Waals surface area contributed by atoms with Gasteiger partial charge in [0.1, 0.15) is 0 Å². The van der Waals surface area contributed by atoms with Crippen molar-refractivity contribution in [3.63, 3.8) is 0 Å². The van der Waals surface area contributed by atoms with E-state index in [1.54, 1.807) is 12.4 Å². The lowest BCUT2D eigenvalue weighted by molar-refractivity contribution is -0.152. The van der Waals surface area contributed by atoms with Crippen LogP contribution >= 0.6 is 0 Å². The minimum Gasteiger partial charge on any atom is -0.466 e. The summed E-state index contributed by atoms with van der Waals surface area (Å²) in [6, 6.07) is 3.80. The molecule has 1 fully saturated rings. The number of esters is 1. The quantitative estimate of drug-likeness (QED) is 0.813. The average molecular weight is 293 g/mol. The molecule has 0 saturated heterocycles. The normalized spacial score (nSPS) is 25.5. The van der Waals surface area contributed by atoms with Crippen LogP contribution in [-0.4, -0.2) is 34.9 Å². The Bertz CT molecular complexity index is 441. The van der Waals surface area contributed by atoms with Gasteiger partial charge in [0, 0.05) is 12.4 Å². The van der Waals surface area contributed by atoms with E-state index in [0.29, 0.717) is 38.9 Å². The molecule has 1 aromatic rings. The van der Waals surface area contributed by atoms with Gasteiger partial charge in [-0.15, -0.1) is 0 Å². The van der Waals surface area contributed by atoms with E-state index in [0.717, 1.165) is 5.56 Å². The van der Waals surface area contributed by atoms with Gasteiger partial charge in [0.25, 0.3) is 0 Å². The average Bonchev–Trinajstić information content (AvgIpc) is 2.49. The molecule has 1 aliphatic rings. The molecule has 0 bridgehead atoms. The number of ether oxygens (including phenoxy) is 2. The van der Waals surface area contributed by atoms with Crippen molar-refractivity contribution in [2.24, 2.45) is 5.92 Å². The maximum absolute atomic E-state index is 11.7. The van der Waals surface area contributed by atoms with Crippen LogP contribution in [0.3, 0.4) is 0 Å². The van der Waals surface area contributed by atoms with Gasteiger partial charge in [-0.2, -0.15) is 0 Å². The highest BCUT2D eigenvalue weighted by Crippen LogP contribution is 2.33. The van der Waals surface area contributed by atoms with Crippen LogP contribution in [0.5, 0.6) is 0 Å². The number of hydrogen-bond acceptors (Lipinski definition) is 5. The van der Waals surface area contributed by atoms with Crippen molar-refractivity contribution in [2.45, 2.75) is 44.8 Å². The molecular weight excluding hydrogens is 270 g/mol. The lowest BCUT2D eigenvalue weighted by Crippen LogP contribution is -2.40. The zero-order chi connectivity index (χ0) is 15.1. The first-order valence-corrected chi connectivity index (χ1v) is 7.48. The maximum atomic E-state index is 11.7. The first-order chi connectivity index (χ1) is 10.1. The van der Waals surface area contributed by atoms with Gasteiger partial charge in [0.2, 0.25) is 0 Å². The molecule has 1 heterocycles. The molecule has 1 aromatic heterocycles. The van der Waals surface area contributed by atoms with E-state index in [1.165, 1.54) is 0 Å². The zero-order valence-corrected chi connectivity index (χ0v) is 12.5. The summed E-state index contributed by atoms with van der Waals surface area (Å²) in [5.74, 6) is -0.223. The summed E-state index contributed by atoms with van der Waals surface area (Å²) in [4.78, 5) is 15.7. The molecule has 0 atom stereocenters. The van der Waals surface area contributed by atoms with E-state index < -0.39 is 5.60 Å². The van der Waals surface area contributed by atoms with Crippen molar-refractivity contribution in [1.82, 2.24) is 4.98 Å². The van der Waals surface area contributed by atoms with Gasteiger partial charge < -0.3 is 14.6 Å². The highest BCUT2D eigenvalue weighted by atomic mass is 16.5. The Morgan fingerprint density at radius 1 is 1.48 bits per heavy atom. The van der Waals surface area contributed by atoms with E-state index in [2.05, 4.69) is 4.98 Å². The summed E-state index contributed by atoms with van der Waals surface area (Å²) in [7, 11) is 0. The molecule has 0 amide bonds. The number of nitrogens with zero attached hydrogens (tertiary/aromatic N) is 1. The third-order valence-corrected chi connectivity index (χ3v) is 3.90. The van der Waals surface area contributed by atoms with E-state index in [4.69, 9.17) is 9.47 Å². The fraction of sp³-hybridized carbons (Fsp3) is 0.625. The molecule has 21 heavy (non-hydrogen) atoms. The Balaban J connectivity index is 1.73. The minimum atomic E-state index is -0.828. The smallest absolute Gasteiger partial charge is 0.308 e. The number of aliphatic hydroxyl groups is 1. The number of rotatable bonds is 6. The molecule has 0 aliphatic heterocycles. The Morgan fingerprint density at radius 2 is 2.24 bits per heavy atom. The Kier molecular flexibility index (Phi) is 5.70. The molecule has 0 radical (unpaired) electrons. The largest absolute Gasteiger partial charge is 0.466 e. The number of carbonyl (C=O) groups is 1. The van der Waals surface area contributed by atoms with Gasteiger partial charge in [-0.05, 0) is 44.2 Å². The maximum Gasteiger partial charge on any atom is 0.308 e. The number of pyridine rings is 1. The van der Waals surface area contributed by atoms with Crippen LogP contribution < -0.4 is 0 Å². The predicted molar refractivity (Wildman–Crippen MR) is 77.4 cm³/mol. The molecule has 0 unspecified atom stereocenters. The lowest BCUT2D eigenvalue weighted by Gasteiger charge is -2.34. The zero-order valence-electron chi connectivity index (χ0n) is 12.5. The highest BCUT2D eigenvalue weighted by molar-refractivity contribution is 5.72. The fourth-order valence-electron chi connectivity index (χ4n) is 2.64. The van der Waals surface area contributed by atoms with Crippen molar-refractivity contribution in [3.05, 3.63) is 30.1 Å². The monoisotopic (exact) mass is 293 g/mol. The van der Waals surface area contributed by atoms with Gasteiger partial charge in [0.05, 0.1) is 31.3 Å². The summed E-state index contributed by atoms with van der Waals surface area (Å²) in [6.07, 6.45) is 5.93. The summed E-state index contributed by atoms with van der Waals surface area (Å²) < 4.78 is 10.6. The minimum absolute atomic E-state index is 0.0800. The van der Waals surface area contributed by atoms with Crippen molar-refractivity contribution in [3.8, 4) is 0 Å². The summed E-state index contributed by atoms with van der Waals surface area (Å²) >= 11 is 0. The Morgan fingerprint density at radius 3 is 2.86 bits per heavy atom. The molecule has 116 valence electrons. The molecule has 5 heteroatoms. The van der Waals surface area contributed by atoms with Crippen LogP contribution in [0, 0.1) is 5.92 Å². The molecule has 0 aromatic carbocycles. The van der Waals surface area contributed by atoms with Crippen molar-refractivity contribution in [2.75, 3.05) is 13.2 Å². The standard InChI is InChI=1S/C16H23NO4/c1-2-21-15(18)14-5-7-16(19,8-6-14)12-20-11-13-4-3-9-17-10-13/h3-4,9-10,14,19H,2,5-8,11-12H2,1H3. The highest BCUT2D eigenvalue weighted by Gasteiger charge is 2.36. The second-order valence-electron chi connectivity index (χ2n) is 5.60. The molecular formula is C16H23NO4. The number of carbonyl (C=O) groups excluding carboxylic acids is 1. The van der Waals surface area contributed by atoms with Crippen LogP contribution in [0.2, 0.25) is 0 Å². The molecule has 0 spiro atoms. The van der Waals surface area contributed by atoms with E-state index >= 15 is 0 Å². The van der Waals surface area contributed by atoms with Crippen LogP contribution in [0.25, 0.3) is 0 Å². The summed E-state index contributed by atoms with van der Waals surface area (Å²) in [5, 5.41) is 10.5. The van der Waals surface area contributed by atoms with Gasteiger partial charge in [0.15, 0.2) is 0 Å².